The largest absolute Gasteiger partial charge is 0.422 e. The second kappa shape index (κ2) is 12.1. The van der Waals surface area contributed by atoms with E-state index in [2.05, 4.69) is 15.2 Å². The average molecular weight is 661 g/mol. The lowest BCUT2D eigenvalue weighted by Gasteiger charge is -2.12. The Morgan fingerprint density at radius 1 is 1.02 bits per heavy atom. The zero-order valence-electron chi connectivity index (χ0n) is 22.8. The van der Waals surface area contributed by atoms with Crippen LogP contribution in [0.4, 0.5) is 0 Å². The molecule has 0 aliphatic carbocycles. The smallest absolute Gasteiger partial charge is 0.274 e. The van der Waals surface area contributed by atoms with Crippen LogP contribution >= 0.6 is 22.9 Å². The Hall–Kier alpha value is -3.73. The molecule has 16 heteroatoms. The van der Waals surface area contributed by atoms with E-state index in [-0.39, 0.29) is 28.4 Å². The van der Waals surface area contributed by atoms with Gasteiger partial charge in [0.1, 0.15) is 5.01 Å². The molecule has 1 unspecified atom stereocenters. The van der Waals surface area contributed by atoms with Gasteiger partial charge in [0, 0.05) is 14.1 Å². The zero-order valence-corrected chi connectivity index (χ0v) is 26.0. The molecule has 0 fully saturated rings. The SMILES string of the molecule is CN(C)C(=O)c1ccc(-c2ccc3nc(C(c4nnc(CNS(N)(=O)=O)o4)S(=O)(=O)Cc4ccccc4)sc3c2)cc1Cl. The van der Waals surface area contributed by atoms with Crippen LogP contribution in [0.1, 0.15) is 38.0 Å². The first-order chi connectivity index (χ1) is 20.3. The molecule has 2 aromatic heterocycles. The number of benzene rings is 3. The van der Waals surface area contributed by atoms with Gasteiger partial charge in [-0.05, 0) is 41.0 Å². The van der Waals surface area contributed by atoms with Crippen molar-refractivity contribution in [3.63, 3.8) is 0 Å². The first-order valence-electron chi connectivity index (χ1n) is 12.6. The monoisotopic (exact) mass is 660 g/mol. The van der Waals surface area contributed by atoms with Crippen molar-refractivity contribution in [3.05, 3.63) is 99.7 Å². The normalized spacial score (nSPS) is 12.8. The molecule has 0 aliphatic rings. The van der Waals surface area contributed by atoms with Crippen molar-refractivity contribution in [1.29, 1.82) is 0 Å². The number of hydrogen-bond donors (Lipinski definition) is 2. The minimum Gasteiger partial charge on any atom is -0.422 e. The minimum atomic E-state index is -4.05. The van der Waals surface area contributed by atoms with Gasteiger partial charge in [0.05, 0.1) is 33.1 Å². The fourth-order valence-corrected chi connectivity index (χ4v) is 7.99. The third-order valence-corrected chi connectivity index (χ3v) is 10.2. The van der Waals surface area contributed by atoms with Gasteiger partial charge in [0.2, 0.25) is 11.8 Å². The molecule has 0 aliphatic heterocycles. The molecule has 3 aromatic carbocycles. The van der Waals surface area contributed by atoms with Crippen molar-refractivity contribution >= 4 is 59.1 Å². The zero-order chi connectivity index (χ0) is 30.9. The summed E-state index contributed by atoms with van der Waals surface area (Å²) in [6, 6.07) is 19.2. The van der Waals surface area contributed by atoms with E-state index in [9.17, 15) is 21.6 Å². The van der Waals surface area contributed by atoms with E-state index in [1.807, 2.05) is 16.9 Å². The van der Waals surface area contributed by atoms with Crippen LogP contribution < -0.4 is 9.86 Å². The molecule has 5 aromatic rings. The summed E-state index contributed by atoms with van der Waals surface area (Å²) in [7, 11) is -4.77. The van der Waals surface area contributed by atoms with Crippen LogP contribution in [0.5, 0.6) is 0 Å². The summed E-state index contributed by atoms with van der Waals surface area (Å²) >= 11 is 7.57. The van der Waals surface area contributed by atoms with Gasteiger partial charge in [-0.1, -0.05) is 54.1 Å². The molecule has 0 radical (unpaired) electrons. The lowest BCUT2D eigenvalue weighted by atomic mass is 10.0. The molecule has 5 rings (SSSR count). The highest BCUT2D eigenvalue weighted by molar-refractivity contribution is 7.91. The standard InChI is InChI=1S/C27H25ClN6O6S3/c1-34(2)27(35)19-10-8-17(12-20(19)28)18-9-11-21-22(13-18)41-26(31-21)24(42(36,37)15-16-6-4-3-5-7-16)25-33-32-23(40-25)14-30-43(29,38)39/h3-13,24,30H,14-15H2,1-2H3,(H2,29,38,39). The third kappa shape index (κ3) is 7.09. The number of carbonyl (C=O) groups is 1. The number of nitrogens with zero attached hydrogens (tertiary/aromatic N) is 4. The summed E-state index contributed by atoms with van der Waals surface area (Å²) in [6.07, 6.45) is 0. The Kier molecular flexibility index (Phi) is 8.65. The molecular formula is C27H25ClN6O6S3. The number of hydrogen-bond acceptors (Lipinski definition) is 10. The van der Waals surface area contributed by atoms with Crippen molar-refractivity contribution < 1.29 is 26.0 Å². The number of thiazole rings is 1. The van der Waals surface area contributed by atoms with Crippen LogP contribution in [0, 0.1) is 0 Å². The number of amides is 1. The molecule has 0 spiro atoms. The maximum atomic E-state index is 13.8. The van der Waals surface area contributed by atoms with E-state index in [0.717, 1.165) is 22.5 Å². The molecule has 0 saturated heterocycles. The molecule has 1 amide bonds. The first-order valence-corrected chi connectivity index (χ1v) is 17.0. The Balaban J connectivity index is 1.54. The van der Waals surface area contributed by atoms with E-state index in [4.69, 9.17) is 21.2 Å². The van der Waals surface area contributed by atoms with Crippen LogP contribution in [-0.4, -0.2) is 56.9 Å². The number of nitrogens with one attached hydrogen (secondary N) is 1. The summed E-state index contributed by atoms with van der Waals surface area (Å²) in [5.74, 6) is -0.968. The summed E-state index contributed by atoms with van der Waals surface area (Å²) in [5, 5.41) is 11.8. The van der Waals surface area contributed by atoms with E-state index in [1.54, 1.807) is 68.7 Å². The maximum Gasteiger partial charge on any atom is 0.274 e. The maximum absolute atomic E-state index is 13.8. The highest BCUT2D eigenvalue weighted by Gasteiger charge is 2.37. The quantitative estimate of drug-likeness (QED) is 0.226. The highest BCUT2D eigenvalue weighted by Crippen LogP contribution is 2.38. The van der Waals surface area contributed by atoms with Gasteiger partial charge in [-0.3, -0.25) is 4.79 Å². The van der Waals surface area contributed by atoms with E-state index >= 15 is 0 Å². The van der Waals surface area contributed by atoms with Gasteiger partial charge < -0.3 is 9.32 Å². The lowest BCUT2D eigenvalue weighted by Crippen LogP contribution is -2.30. The van der Waals surface area contributed by atoms with Crippen molar-refractivity contribution in [2.24, 2.45) is 5.14 Å². The summed E-state index contributed by atoms with van der Waals surface area (Å²) in [4.78, 5) is 18.4. The second-order valence-electron chi connectivity index (χ2n) is 9.70. The number of aromatic nitrogens is 3. The number of carbonyl (C=O) groups excluding carboxylic acids is 1. The fraction of sp³-hybridized carbons (Fsp3) is 0.185. The summed E-state index contributed by atoms with van der Waals surface area (Å²) in [6.45, 7) is -0.415. The van der Waals surface area contributed by atoms with Crippen LogP contribution in [0.3, 0.4) is 0 Å². The van der Waals surface area contributed by atoms with Crippen molar-refractivity contribution in [3.8, 4) is 11.1 Å². The fourth-order valence-electron chi connectivity index (χ4n) is 4.25. The molecule has 1 atom stereocenters. The van der Waals surface area contributed by atoms with Gasteiger partial charge in [-0.15, -0.1) is 21.5 Å². The number of sulfone groups is 1. The average Bonchev–Trinajstić information content (AvgIpc) is 3.58. The molecule has 43 heavy (non-hydrogen) atoms. The van der Waals surface area contributed by atoms with Gasteiger partial charge in [-0.2, -0.15) is 13.1 Å². The van der Waals surface area contributed by atoms with Crippen molar-refractivity contribution in [2.75, 3.05) is 14.1 Å². The van der Waals surface area contributed by atoms with Gasteiger partial charge in [0.25, 0.3) is 16.1 Å². The van der Waals surface area contributed by atoms with E-state index in [0.29, 0.717) is 26.4 Å². The lowest BCUT2D eigenvalue weighted by molar-refractivity contribution is 0.0827. The third-order valence-electron chi connectivity index (χ3n) is 6.27. The topological polar surface area (TPSA) is 178 Å². The molecule has 224 valence electrons. The highest BCUT2D eigenvalue weighted by atomic mass is 35.5. The Morgan fingerprint density at radius 3 is 2.40 bits per heavy atom. The number of halogens is 1. The molecule has 3 N–H and O–H groups in total. The molecule has 12 nitrogen and oxygen atoms in total. The van der Waals surface area contributed by atoms with Crippen molar-refractivity contribution in [2.45, 2.75) is 17.5 Å². The predicted octanol–water partition coefficient (Wildman–Crippen LogP) is 3.70. The minimum absolute atomic E-state index is 0.166. The van der Waals surface area contributed by atoms with Gasteiger partial charge in [0.15, 0.2) is 15.1 Å². The van der Waals surface area contributed by atoms with Crippen molar-refractivity contribution in [1.82, 2.24) is 24.8 Å². The van der Waals surface area contributed by atoms with Crippen LogP contribution in [0.15, 0.2) is 71.1 Å². The summed E-state index contributed by atoms with van der Waals surface area (Å²) < 4.78 is 58.6. The molecule has 0 saturated carbocycles. The van der Waals surface area contributed by atoms with Crippen LogP contribution in [0.2, 0.25) is 5.02 Å². The van der Waals surface area contributed by atoms with Gasteiger partial charge in [-0.25, -0.2) is 18.5 Å². The molecule has 0 bridgehead atoms. The van der Waals surface area contributed by atoms with Crippen LogP contribution in [-0.2, 0) is 32.3 Å². The Labute approximate surface area is 256 Å². The van der Waals surface area contributed by atoms with E-state index in [1.165, 1.54) is 4.90 Å². The predicted molar refractivity (Wildman–Crippen MR) is 163 cm³/mol. The Bertz CT molecular complexity index is 2030. The van der Waals surface area contributed by atoms with E-state index < -0.39 is 31.8 Å². The van der Waals surface area contributed by atoms with Crippen LogP contribution in [0.25, 0.3) is 21.3 Å². The molecule has 2 heterocycles. The first kappa shape index (κ1) is 30.7. The molecular weight excluding hydrogens is 636 g/mol. The van der Waals surface area contributed by atoms with Gasteiger partial charge >= 0.3 is 0 Å². The number of fused-ring (bicyclic) bond motifs is 1. The second-order valence-corrected chi connectivity index (χ2v) is 14.6. The number of rotatable bonds is 10. The Morgan fingerprint density at radius 2 is 1.72 bits per heavy atom. The summed E-state index contributed by atoms with van der Waals surface area (Å²) in [5.41, 5.74) is 3.02. The number of nitrogens with two attached hydrogens (primary N) is 1.